The van der Waals surface area contributed by atoms with E-state index in [9.17, 15) is 4.79 Å². The molecule has 1 amide bonds. The Labute approximate surface area is 120 Å². The second kappa shape index (κ2) is 5.79. The molecule has 2 heterocycles. The van der Waals surface area contributed by atoms with E-state index in [4.69, 9.17) is 0 Å². The quantitative estimate of drug-likeness (QED) is 0.902. The van der Waals surface area contributed by atoms with Crippen molar-refractivity contribution in [3.8, 4) is 0 Å². The van der Waals surface area contributed by atoms with E-state index in [0.717, 1.165) is 44.6 Å². The molecular formula is C15H22N4O. The fourth-order valence-corrected chi connectivity index (χ4v) is 2.72. The van der Waals surface area contributed by atoms with Crippen molar-refractivity contribution in [3.05, 3.63) is 23.9 Å². The minimum Gasteiger partial charge on any atom is -0.370 e. The van der Waals surface area contributed by atoms with Crippen molar-refractivity contribution in [1.82, 2.24) is 14.8 Å². The van der Waals surface area contributed by atoms with Crippen molar-refractivity contribution in [1.29, 1.82) is 0 Å². The molecule has 1 saturated heterocycles. The van der Waals surface area contributed by atoms with E-state index in [1.165, 1.54) is 12.8 Å². The molecule has 5 heteroatoms. The van der Waals surface area contributed by atoms with Gasteiger partial charge in [-0.25, -0.2) is 4.98 Å². The lowest BCUT2D eigenvalue weighted by Crippen LogP contribution is -2.49. The van der Waals surface area contributed by atoms with E-state index in [1.807, 2.05) is 24.0 Å². The highest BCUT2D eigenvalue weighted by Gasteiger charge is 2.32. The molecule has 0 spiro atoms. The van der Waals surface area contributed by atoms with E-state index in [2.05, 4.69) is 15.2 Å². The van der Waals surface area contributed by atoms with Crippen LogP contribution in [-0.4, -0.2) is 59.5 Å². The standard InChI is InChI=1S/C15H22N4O/c1-2-16-14-6-3-12(11-17-14)15(20)19-9-7-18(8-10-19)13-4-5-13/h3,6,11,13H,2,4-5,7-10H2,1H3,(H,16,17). The number of rotatable bonds is 4. The molecule has 0 atom stereocenters. The second-order valence-corrected chi connectivity index (χ2v) is 5.52. The lowest BCUT2D eigenvalue weighted by Gasteiger charge is -2.34. The van der Waals surface area contributed by atoms with Gasteiger partial charge < -0.3 is 10.2 Å². The number of carbonyl (C=O) groups excluding carboxylic acids is 1. The van der Waals surface area contributed by atoms with Crippen LogP contribution in [0.25, 0.3) is 0 Å². The van der Waals surface area contributed by atoms with Gasteiger partial charge in [0.1, 0.15) is 5.82 Å². The Morgan fingerprint density at radius 3 is 2.60 bits per heavy atom. The van der Waals surface area contributed by atoms with Gasteiger partial charge in [0.2, 0.25) is 0 Å². The minimum absolute atomic E-state index is 0.107. The van der Waals surface area contributed by atoms with Crippen LogP contribution in [0.1, 0.15) is 30.1 Å². The van der Waals surface area contributed by atoms with Crippen LogP contribution < -0.4 is 5.32 Å². The molecular weight excluding hydrogens is 252 g/mol. The molecule has 3 rings (SSSR count). The summed E-state index contributed by atoms with van der Waals surface area (Å²) in [6.45, 7) is 6.57. The number of hydrogen-bond donors (Lipinski definition) is 1. The summed E-state index contributed by atoms with van der Waals surface area (Å²) >= 11 is 0. The van der Waals surface area contributed by atoms with Gasteiger partial charge in [-0.15, -0.1) is 0 Å². The summed E-state index contributed by atoms with van der Waals surface area (Å²) in [6.07, 6.45) is 4.35. The summed E-state index contributed by atoms with van der Waals surface area (Å²) in [4.78, 5) is 21.1. The van der Waals surface area contributed by atoms with Gasteiger partial charge in [-0.2, -0.15) is 0 Å². The normalized spacial score (nSPS) is 19.9. The molecule has 1 aliphatic carbocycles. The zero-order valence-corrected chi connectivity index (χ0v) is 12.0. The number of anilines is 1. The Kier molecular flexibility index (Phi) is 3.87. The maximum absolute atomic E-state index is 12.4. The van der Waals surface area contributed by atoms with Crippen LogP contribution in [0.2, 0.25) is 0 Å². The highest BCUT2D eigenvalue weighted by atomic mass is 16.2. The average molecular weight is 274 g/mol. The van der Waals surface area contributed by atoms with Gasteiger partial charge in [0.25, 0.3) is 5.91 Å². The number of hydrogen-bond acceptors (Lipinski definition) is 4. The molecule has 0 unspecified atom stereocenters. The predicted octanol–water partition coefficient (Wildman–Crippen LogP) is 1.43. The molecule has 0 bridgehead atoms. The Morgan fingerprint density at radius 2 is 2.05 bits per heavy atom. The Bertz CT molecular complexity index is 461. The van der Waals surface area contributed by atoms with E-state index in [-0.39, 0.29) is 5.91 Å². The monoisotopic (exact) mass is 274 g/mol. The molecule has 2 aliphatic rings. The number of pyridine rings is 1. The van der Waals surface area contributed by atoms with Gasteiger partial charge in [0.05, 0.1) is 5.56 Å². The van der Waals surface area contributed by atoms with Crippen LogP contribution in [0, 0.1) is 0 Å². The van der Waals surface area contributed by atoms with Crippen molar-refractivity contribution in [2.45, 2.75) is 25.8 Å². The van der Waals surface area contributed by atoms with Crippen molar-refractivity contribution in [3.63, 3.8) is 0 Å². The van der Waals surface area contributed by atoms with E-state index < -0.39 is 0 Å². The Balaban J connectivity index is 1.58. The van der Waals surface area contributed by atoms with Crippen molar-refractivity contribution >= 4 is 11.7 Å². The number of carbonyl (C=O) groups is 1. The maximum atomic E-state index is 12.4. The van der Waals surface area contributed by atoms with Crippen LogP contribution in [0.3, 0.4) is 0 Å². The van der Waals surface area contributed by atoms with Gasteiger partial charge in [0.15, 0.2) is 0 Å². The zero-order valence-electron chi connectivity index (χ0n) is 12.0. The van der Waals surface area contributed by atoms with Gasteiger partial charge in [-0.3, -0.25) is 9.69 Å². The molecule has 20 heavy (non-hydrogen) atoms. The molecule has 2 fully saturated rings. The smallest absolute Gasteiger partial charge is 0.255 e. The second-order valence-electron chi connectivity index (χ2n) is 5.52. The maximum Gasteiger partial charge on any atom is 0.255 e. The summed E-state index contributed by atoms with van der Waals surface area (Å²) in [5, 5.41) is 3.14. The SMILES string of the molecule is CCNc1ccc(C(=O)N2CCN(C3CC3)CC2)cn1. The predicted molar refractivity (Wildman–Crippen MR) is 78.9 cm³/mol. The topological polar surface area (TPSA) is 48.5 Å². The highest BCUT2D eigenvalue weighted by Crippen LogP contribution is 2.27. The molecule has 1 saturated carbocycles. The van der Waals surface area contributed by atoms with Crippen molar-refractivity contribution in [2.75, 3.05) is 38.0 Å². The van der Waals surface area contributed by atoms with Crippen LogP contribution in [0.5, 0.6) is 0 Å². The molecule has 5 nitrogen and oxygen atoms in total. The number of nitrogens with one attached hydrogen (secondary N) is 1. The fraction of sp³-hybridized carbons (Fsp3) is 0.600. The van der Waals surface area contributed by atoms with Crippen LogP contribution in [-0.2, 0) is 0 Å². The van der Waals surface area contributed by atoms with Crippen molar-refractivity contribution < 1.29 is 4.79 Å². The first-order valence-corrected chi connectivity index (χ1v) is 7.51. The number of nitrogens with zero attached hydrogens (tertiary/aromatic N) is 3. The molecule has 1 N–H and O–H groups in total. The number of piperazine rings is 1. The molecule has 1 aromatic rings. The molecule has 1 aliphatic heterocycles. The summed E-state index contributed by atoms with van der Waals surface area (Å²) < 4.78 is 0. The minimum atomic E-state index is 0.107. The third-order valence-corrected chi connectivity index (χ3v) is 4.03. The fourth-order valence-electron chi connectivity index (χ4n) is 2.72. The van der Waals surface area contributed by atoms with Crippen LogP contribution >= 0.6 is 0 Å². The van der Waals surface area contributed by atoms with Crippen LogP contribution in [0.4, 0.5) is 5.82 Å². The first-order valence-electron chi connectivity index (χ1n) is 7.51. The van der Waals surface area contributed by atoms with Crippen LogP contribution in [0.15, 0.2) is 18.3 Å². The van der Waals surface area contributed by atoms with Crippen molar-refractivity contribution in [2.24, 2.45) is 0 Å². The highest BCUT2D eigenvalue weighted by molar-refractivity contribution is 5.94. The Morgan fingerprint density at radius 1 is 1.30 bits per heavy atom. The largest absolute Gasteiger partial charge is 0.370 e. The summed E-state index contributed by atoms with van der Waals surface area (Å²) in [5.41, 5.74) is 0.687. The van der Waals surface area contributed by atoms with Gasteiger partial charge in [-0.05, 0) is 31.9 Å². The average Bonchev–Trinajstić information content (AvgIpc) is 3.33. The number of amides is 1. The van der Waals surface area contributed by atoms with Gasteiger partial charge in [0, 0.05) is 45.0 Å². The zero-order chi connectivity index (χ0) is 13.9. The lowest BCUT2D eigenvalue weighted by molar-refractivity contribution is 0.0627. The lowest BCUT2D eigenvalue weighted by atomic mass is 10.2. The summed E-state index contributed by atoms with van der Waals surface area (Å²) in [6, 6.07) is 4.53. The van der Waals surface area contributed by atoms with E-state index in [1.54, 1.807) is 6.20 Å². The molecule has 1 aromatic heterocycles. The Hall–Kier alpha value is -1.62. The molecule has 0 aromatic carbocycles. The molecule has 108 valence electrons. The first kappa shape index (κ1) is 13.4. The van der Waals surface area contributed by atoms with Gasteiger partial charge >= 0.3 is 0 Å². The van der Waals surface area contributed by atoms with Gasteiger partial charge in [-0.1, -0.05) is 0 Å². The number of aromatic nitrogens is 1. The van der Waals surface area contributed by atoms with E-state index >= 15 is 0 Å². The third-order valence-electron chi connectivity index (χ3n) is 4.03. The summed E-state index contributed by atoms with van der Waals surface area (Å²) in [5.74, 6) is 0.929. The third kappa shape index (κ3) is 2.93. The van der Waals surface area contributed by atoms with E-state index in [0.29, 0.717) is 5.56 Å². The molecule has 0 radical (unpaired) electrons. The first-order chi connectivity index (χ1) is 9.78. The summed E-state index contributed by atoms with van der Waals surface area (Å²) in [7, 11) is 0.